The van der Waals surface area contributed by atoms with Gasteiger partial charge < -0.3 is 0 Å². The Kier molecular flexibility index (Phi) is 2.48. The first-order valence-corrected chi connectivity index (χ1v) is 5.07. The SMILES string of the molecule is O=c1[nH]n(-c2cccc(Cl)c2)cc1Br. The summed E-state index contributed by atoms with van der Waals surface area (Å²) in [6.45, 7) is 0. The molecule has 0 aliphatic carbocycles. The molecule has 5 heteroatoms. The van der Waals surface area contributed by atoms with Crippen molar-refractivity contribution < 1.29 is 0 Å². The number of hydrogen-bond acceptors (Lipinski definition) is 1. The van der Waals surface area contributed by atoms with Crippen LogP contribution in [0.4, 0.5) is 0 Å². The summed E-state index contributed by atoms with van der Waals surface area (Å²) in [5.41, 5.74) is 0.658. The van der Waals surface area contributed by atoms with Crippen LogP contribution in [0.3, 0.4) is 0 Å². The molecule has 1 N–H and O–H groups in total. The Bertz CT molecular complexity index is 518. The van der Waals surface area contributed by atoms with Gasteiger partial charge in [0.05, 0.1) is 5.69 Å². The number of aromatic amines is 1. The number of rotatable bonds is 1. The molecule has 0 saturated carbocycles. The van der Waals surface area contributed by atoms with E-state index in [0.717, 1.165) is 5.69 Å². The maximum atomic E-state index is 11.1. The van der Waals surface area contributed by atoms with E-state index in [1.807, 2.05) is 12.1 Å². The van der Waals surface area contributed by atoms with Crippen LogP contribution in [-0.2, 0) is 0 Å². The quantitative estimate of drug-likeness (QED) is 0.852. The van der Waals surface area contributed by atoms with E-state index >= 15 is 0 Å². The molecule has 1 aromatic carbocycles. The molecular weight excluding hydrogens is 267 g/mol. The average molecular weight is 274 g/mol. The predicted molar refractivity (Wildman–Crippen MR) is 59.1 cm³/mol. The summed E-state index contributed by atoms with van der Waals surface area (Å²) in [5, 5.41) is 3.28. The van der Waals surface area contributed by atoms with Gasteiger partial charge in [-0.3, -0.25) is 14.6 Å². The Morgan fingerprint density at radius 3 is 2.79 bits per heavy atom. The van der Waals surface area contributed by atoms with E-state index in [1.165, 1.54) is 0 Å². The summed E-state index contributed by atoms with van der Waals surface area (Å²) < 4.78 is 2.11. The molecule has 1 heterocycles. The van der Waals surface area contributed by atoms with Gasteiger partial charge in [-0.25, -0.2) is 0 Å². The van der Waals surface area contributed by atoms with Gasteiger partial charge in [0.25, 0.3) is 5.56 Å². The van der Waals surface area contributed by atoms with Crippen LogP contribution < -0.4 is 5.56 Å². The third kappa shape index (κ3) is 1.76. The minimum absolute atomic E-state index is 0.162. The monoisotopic (exact) mass is 272 g/mol. The smallest absolute Gasteiger partial charge is 0.267 e. The first-order valence-electron chi connectivity index (χ1n) is 3.90. The second-order valence-electron chi connectivity index (χ2n) is 2.77. The fourth-order valence-corrected chi connectivity index (χ4v) is 1.61. The van der Waals surface area contributed by atoms with Crippen molar-refractivity contribution >= 4 is 27.5 Å². The van der Waals surface area contributed by atoms with Crippen LogP contribution >= 0.6 is 27.5 Å². The molecule has 0 radical (unpaired) electrons. The normalized spacial score (nSPS) is 10.4. The van der Waals surface area contributed by atoms with Crippen molar-refractivity contribution in [2.75, 3.05) is 0 Å². The first-order chi connectivity index (χ1) is 6.66. The highest BCUT2D eigenvalue weighted by Crippen LogP contribution is 2.14. The molecule has 1 aromatic heterocycles. The van der Waals surface area contributed by atoms with Gasteiger partial charge in [-0.2, -0.15) is 0 Å². The summed E-state index contributed by atoms with van der Waals surface area (Å²) in [6, 6.07) is 7.23. The molecule has 0 bridgehead atoms. The van der Waals surface area contributed by atoms with Gasteiger partial charge in [0.1, 0.15) is 4.47 Å². The van der Waals surface area contributed by atoms with Crippen molar-refractivity contribution in [1.82, 2.24) is 9.78 Å². The number of aromatic nitrogens is 2. The Balaban J connectivity index is 2.54. The average Bonchev–Trinajstić information content (AvgIpc) is 2.47. The number of H-pyrrole nitrogens is 1. The van der Waals surface area contributed by atoms with E-state index in [1.54, 1.807) is 23.0 Å². The third-order valence-corrected chi connectivity index (χ3v) is 2.57. The summed E-state index contributed by atoms with van der Waals surface area (Å²) in [5.74, 6) is 0. The topological polar surface area (TPSA) is 37.8 Å². The van der Waals surface area contributed by atoms with Crippen LogP contribution in [0.1, 0.15) is 0 Å². The summed E-state index contributed by atoms with van der Waals surface area (Å²) >= 11 is 8.96. The van der Waals surface area contributed by atoms with Crippen molar-refractivity contribution in [2.24, 2.45) is 0 Å². The lowest BCUT2D eigenvalue weighted by Gasteiger charge is -2.01. The molecule has 0 fully saturated rings. The minimum atomic E-state index is -0.162. The van der Waals surface area contributed by atoms with Crippen molar-refractivity contribution in [1.29, 1.82) is 0 Å². The van der Waals surface area contributed by atoms with Crippen LogP contribution in [0.2, 0.25) is 5.02 Å². The van der Waals surface area contributed by atoms with E-state index in [4.69, 9.17) is 11.6 Å². The second kappa shape index (κ2) is 3.63. The first kappa shape index (κ1) is 9.55. The predicted octanol–water partition coefficient (Wildman–Crippen LogP) is 2.58. The molecule has 3 nitrogen and oxygen atoms in total. The van der Waals surface area contributed by atoms with Gasteiger partial charge in [0.2, 0.25) is 0 Å². The Morgan fingerprint density at radius 1 is 1.43 bits per heavy atom. The Labute approximate surface area is 93.4 Å². The number of hydrogen-bond donors (Lipinski definition) is 1. The van der Waals surface area contributed by atoms with Gasteiger partial charge in [-0.15, -0.1) is 0 Å². The number of nitrogens with zero attached hydrogens (tertiary/aromatic N) is 1. The lowest BCUT2D eigenvalue weighted by Crippen LogP contribution is -2.03. The van der Waals surface area contributed by atoms with E-state index in [-0.39, 0.29) is 5.56 Å². The lowest BCUT2D eigenvalue weighted by molar-refractivity contribution is 0.864. The highest BCUT2D eigenvalue weighted by Gasteiger charge is 2.01. The summed E-state index contributed by atoms with van der Waals surface area (Å²) in [7, 11) is 0. The Morgan fingerprint density at radius 2 is 2.21 bits per heavy atom. The van der Waals surface area contributed by atoms with Gasteiger partial charge >= 0.3 is 0 Å². The number of benzene rings is 1. The van der Waals surface area contributed by atoms with E-state index < -0.39 is 0 Å². The van der Waals surface area contributed by atoms with Gasteiger partial charge in [-0.05, 0) is 34.1 Å². The van der Waals surface area contributed by atoms with Crippen LogP contribution in [0.15, 0.2) is 39.7 Å². The molecular formula is C9H6BrClN2O. The zero-order chi connectivity index (χ0) is 10.1. The summed E-state index contributed by atoms with van der Waals surface area (Å²) in [4.78, 5) is 11.1. The number of halogens is 2. The molecule has 2 aromatic rings. The van der Waals surface area contributed by atoms with E-state index in [2.05, 4.69) is 21.0 Å². The zero-order valence-corrected chi connectivity index (χ0v) is 9.34. The van der Waals surface area contributed by atoms with Crippen LogP contribution in [0, 0.1) is 0 Å². The molecule has 0 aliphatic heterocycles. The van der Waals surface area contributed by atoms with Crippen molar-refractivity contribution in [2.45, 2.75) is 0 Å². The molecule has 14 heavy (non-hydrogen) atoms. The third-order valence-electron chi connectivity index (χ3n) is 1.77. The largest absolute Gasteiger partial charge is 0.278 e. The molecule has 0 aliphatic rings. The molecule has 0 spiro atoms. The highest BCUT2D eigenvalue weighted by atomic mass is 79.9. The molecule has 0 atom stereocenters. The van der Waals surface area contributed by atoms with Crippen molar-refractivity contribution in [3.8, 4) is 5.69 Å². The highest BCUT2D eigenvalue weighted by molar-refractivity contribution is 9.10. The molecule has 0 saturated heterocycles. The van der Waals surface area contributed by atoms with E-state index in [0.29, 0.717) is 9.50 Å². The fraction of sp³-hybridized carbons (Fsp3) is 0. The molecule has 0 amide bonds. The zero-order valence-electron chi connectivity index (χ0n) is 7.00. The second-order valence-corrected chi connectivity index (χ2v) is 4.06. The van der Waals surface area contributed by atoms with Gasteiger partial charge in [0, 0.05) is 11.2 Å². The lowest BCUT2D eigenvalue weighted by atomic mass is 10.3. The van der Waals surface area contributed by atoms with Gasteiger partial charge in [0.15, 0.2) is 0 Å². The van der Waals surface area contributed by atoms with Crippen LogP contribution in [0.5, 0.6) is 0 Å². The number of nitrogens with one attached hydrogen (secondary N) is 1. The maximum absolute atomic E-state index is 11.1. The van der Waals surface area contributed by atoms with Crippen molar-refractivity contribution in [3.05, 3.63) is 50.3 Å². The fourth-order valence-electron chi connectivity index (χ4n) is 1.13. The van der Waals surface area contributed by atoms with Crippen molar-refractivity contribution in [3.63, 3.8) is 0 Å². The molecule has 72 valence electrons. The van der Waals surface area contributed by atoms with E-state index in [9.17, 15) is 4.79 Å². The Hall–Kier alpha value is -1.000. The van der Waals surface area contributed by atoms with Gasteiger partial charge in [-0.1, -0.05) is 17.7 Å². The molecule has 0 unspecified atom stereocenters. The maximum Gasteiger partial charge on any atom is 0.278 e. The molecule has 2 rings (SSSR count). The summed E-state index contributed by atoms with van der Waals surface area (Å²) in [6.07, 6.45) is 1.66. The van der Waals surface area contributed by atoms with Crippen LogP contribution in [-0.4, -0.2) is 9.78 Å². The van der Waals surface area contributed by atoms with Crippen LogP contribution in [0.25, 0.3) is 5.69 Å². The standard InChI is InChI=1S/C9H6BrClN2O/c10-8-5-13(12-9(8)14)7-3-1-2-6(11)4-7/h1-5H,(H,12,14). The minimum Gasteiger partial charge on any atom is -0.267 e.